The molecule has 2 heterocycles. The van der Waals surface area contributed by atoms with Gasteiger partial charge in [0.2, 0.25) is 5.91 Å². The molecule has 0 bridgehead atoms. The van der Waals surface area contributed by atoms with Crippen molar-refractivity contribution in [1.82, 2.24) is 5.32 Å². The summed E-state index contributed by atoms with van der Waals surface area (Å²) in [5, 5.41) is 3.29. The standard InChI is InChI=1S/C23H24N2O/c1-22(2)19-13-6-7-14-20(19)25-17-15-21(26)24-23(22,25)16-9-8-12-18-10-4-3-5-11-18/h3-14,16H,15,17H2,1-2H3,(H,24,26)/b12-8+,16-9+/t23-/m0/s1. The quantitative estimate of drug-likeness (QED) is 0.844. The SMILES string of the molecule is CC1(C)c2ccccc2N2CCC(=O)N[C@@]21/C=C/C=C/c1ccccc1. The zero-order chi connectivity index (χ0) is 18.2. The highest BCUT2D eigenvalue weighted by Crippen LogP contribution is 2.52. The average molecular weight is 344 g/mol. The number of hydrogen-bond acceptors (Lipinski definition) is 2. The molecule has 4 rings (SSSR count). The molecule has 3 nitrogen and oxygen atoms in total. The fourth-order valence-electron chi connectivity index (χ4n) is 4.24. The fourth-order valence-corrected chi connectivity index (χ4v) is 4.24. The van der Waals surface area contributed by atoms with Crippen LogP contribution in [0.1, 0.15) is 31.4 Å². The summed E-state index contributed by atoms with van der Waals surface area (Å²) in [4.78, 5) is 14.7. The van der Waals surface area contributed by atoms with Gasteiger partial charge in [-0.2, -0.15) is 0 Å². The van der Waals surface area contributed by atoms with Gasteiger partial charge in [0.15, 0.2) is 0 Å². The summed E-state index contributed by atoms with van der Waals surface area (Å²) in [6.45, 7) is 5.16. The first-order valence-electron chi connectivity index (χ1n) is 9.14. The number of amides is 1. The molecule has 1 fully saturated rings. The molecule has 1 amide bonds. The van der Waals surface area contributed by atoms with Gasteiger partial charge in [0, 0.05) is 24.1 Å². The maximum Gasteiger partial charge on any atom is 0.223 e. The molecule has 0 saturated carbocycles. The van der Waals surface area contributed by atoms with E-state index < -0.39 is 5.66 Å². The number of allylic oxidation sites excluding steroid dienone is 2. The monoisotopic (exact) mass is 344 g/mol. The van der Waals surface area contributed by atoms with Crippen molar-refractivity contribution in [2.75, 3.05) is 11.4 Å². The predicted octanol–water partition coefficient (Wildman–Crippen LogP) is 4.27. The van der Waals surface area contributed by atoms with Gasteiger partial charge in [0.25, 0.3) is 0 Å². The third-order valence-electron chi connectivity index (χ3n) is 5.68. The van der Waals surface area contributed by atoms with Crippen LogP contribution in [0.25, 0.3) is 6.08 Å². The van der Waals surface area contributed by atoms with Crippen molar-refractivity contribution in [3.05, 3.63) is 84.0 Å². The fraction of sp³-hybridized carbons (Fsp3) is 0.261. The molecule has 3 heteroatoms. The molecule has 0 unspecified atom stereocenters. The predicted molar refractivity (Wildman–Crippen MR) is 107 cm³/mol. The zero-order valence-corrected chi connectivity index (χ0v) is 15.3. The van der Waals surface area contributed by atoms with E-state index in [4.69, 9.17) is 0 Å². The Hall–Kier alpha value is -2.81. The van der Waals surface area contributed by atoms with Crippen LogP contribution in [0.3, 0.4) is 0 Å². The number of para-hydroxylation sites is 1. The molecule has 2 aromatic carbocycles. The minimum absolute atomic E-state index is 0.110. The Morgan fingerprint density at radius 2 is 1.73 bits per heavy atom. The Labute approximate surface area is 155 Å². The molecule has 0 radical (unpaired) electrons. The number of fused-ring (bicyclic) bond motifs is 3. The van der Waals surface area contributed by atoms with Crippen LogP contribution in [0.4, 0.5) is 5.69 Å². The van der Waals surface area contributed by atoms with Crippen molar-refractivity contribution in [1.29, 1.82) is 0 Å². The highest BCUT2D eigenvalue weighted by molar-refractivity contribution is 5.84. The average Bonchev–Trinajstić information content (AvgIpc) is 2.84. The van der Waals surface area contributed by atoms with Crippen LogP contribution in [0, 0.1) is 0 Å². The van der Waals surface area contributed by atoms with Crippen LogP contribution >= 0.6 is 0 Å². The highest BCUT2D eigenvalue weighted by Gasteiger charge is 2.57. The van der Waals surface area contributed by atoms with Crippen LogP contribution in [0.5, 0.6) is 0 Å². The molecule has 132 valence electrons. The Morgan fingerprint density at radius 3 is 2.54 bits per heavy atom. The number of anilines is 1. The van der Waals surface area contributed by atoms with Crippen LogP contribution in [0.2, 0.25) is 0 Å². The summed E-state index contributed by atoms with van der Waals surface area (Å²) < 4.78 is 0. The summed E-state index contributed by atoms with van der Waals surface area (Å²) >= 11 is 0. The van der Waals surface area contributed by atoms with Gasteiger partial charge in [-0.1, -0.05) is 80.6 Å². The van der Waals surface area contributed by atoms with Gasteiger partial charge in [0.1, 0.15) is 5.66 Å². The maximum absolute atomic E-state index is 12.3. The molecule has 0 aromatic heterocycles. The van der Waals surface area contributed by atoms with Crippen LogP contribution in [0.15, 0.2) is 72.8 Å². The number of benzene rings is 2. The van der Waals surface area contributed by atoms with E-state index in [9.17, 15) is 4.79 Å². The second-order valence-corrected chi connectivity index (χ2v) is 7.49. The molecule has 2 aliphatic heterocycles. The van der Waals surface area contributed by atoms with Crippen molar-refractivity contribution in [3.8, 4) is 0 Å². The van der Waals surface area contributed by atoms with Crippen molar-refractivity contribution in [2.45, 2.75) is 31.3 Å². The molecular weight excluding hydrogens is 320 g/mol. The van der Waals surface area contributed by atoms with Gasteiger partial charge in [-0.25, -0.2) is 0 Å². The highest BCUT2D eigenvalue weighted by atomic mass is 16.2. The van der Waals surface area contributed by atoms with E-state index in [1.54, 1.807) is 0 Å². The summed E-state index contributed by atoms with van der Waals surface area (Å²) in [6, 6.07) is 18.7. The zero-order valence-electron chi connectivity index (χ0n) is 15.3. The van der Waals surface area contributed by atoms with Gasteiger partial charge in [0.05, 0.1) is 0 Å². The van der Waals surface area contributed by atoms with Gasteiger partial charge < -0.3 is 10.2 Å². The molecule has 2 aromatic rings. The number of hydrogen-bond donors (Lipinski definition) is 1. The molecule has 0 aliphatic carbocycles. The number of rotatable bonds is 3. The molecule has 1 atom stereocenters. The number of carbonyl (C=O) groups excluding carboxylic acids is 1. The lowest BCUT2D eigenvalue weighted by Gasteiger charge is -2.49. The van der Waals surface area contributed by atoms with Crippen LogP contribution in [-0.2, 0) is 10.2 Å². The summed E-state index contributed by atoms with van der Waals surface area (Å²) in [5.74, 6) is 0.110. The third-order valence-corrected chi connectivity index (χ3v) is 5.68. The van der Waals surface area contributed by atoms with Crippen molar-refractivity contribution in [2.24, 2.45) is 0 Å². The first-order chi connectivity index (χ1) is 12.5. The van der Waals surface area contributed by atoms with E-state index in [0.717, 1.165) is 12.1 Å². The Morgan fingerprint density at radius 1 is 1.00 bits per heavy atom. The van der Waals surface area contributed by atoms with E-state index in [0.29, 0.717) is 6.42 Å². The summed E-state index contributed by atoms with van der Waals surface area (Å²) in [6.07, 6.45) is 8.85. The molecule has 0 spiro atoms. The van der Waals surface area contributed by atoms with Crippen LogP contribution < -0.4 is 10.2 Å². The lowest BCUT2D eigenvalue weighted by molar-refractivity contribution is -0.124. The normalized spacial score (nSPS) is 23.9. The first kappa shape index (κ1) is 16.6. The van der Waals surface area contributed by atoms with Gasteiger partial charge in [-0.15, -0.1) is 0 Å². The molecule has 26 heavy (non-hydrogen) atoms. The van der Waals surface area contributed by atoms with Crippen molar-refractivity contribution < 1.29 is 4.79 Å². The Kier molecular flexibility index (Phi) is 3.95. The second kappa shape index (κ2) is 6.17. The van der Waals surface area contributed by atoms with E-state index in [1.807, 2.05) is 24.3 Å². The molecule has 1 N–H and O–H groups in total. The Balaban J connectivity index is 1.72. The van der Waals surface area contributed by atoms with Crippen LogP contribution in [-0.4, -0.2) is 18.1 Å². The van der Waals surface area contributed by atoms with Gasteiger partial charge >= 0.3 is 0 Å². The Bertz CT molecular complexity index is 882. The smallest absolute Gasteiger partial charge is 0.223 e. The summed E-state index contributed by atoms with van der Waals surface area (Å²) in [7, 11) is 0. The topological polar surface area (TPSA) is 32.3 Å². The largest absolute Gasteiger partial charge is 0.344 e. The number of nitrogens with one attached hydrogen (secondary N) is 1. The summed E-state index contributed by atoms with van der Waals surface area (Å²) in [5.41, 5.74) is 2.89. The lowest BCUT2D eigenvalue weighted by Crippen LogP contribution is -2.68. The van der Waals surface area contributed by atoms with Gasteiger partial charge in [-0.05, 0) is 23.3 Å². The lowest BCUT2D eigenvalue weighted by atomic mass is 9.74. The minimum atomic E-state index is -0.535. The van der Waals surface area contributed by atoms with E-state index in [2.05, 4.69) is 78.7 Å². The number of carbonyl (C=O) groups is 1. The molecule has 2 aliphatic rings. The molecule has 1 saturated heterocycles. The van der Waals surface area contributed by atoms with Crippen molar-refractivity contribution in [3.63, 3.8) is 0 Å². The first-order valence-corrected chi connectivity index (χ1v) is 9.14. The van der Waals surface area contributed by atoms with E-state index >= 15 is 0 Å². The van der Waals surface area contributed by atoms with E-state index in [-0.39, 0.29) is 11.3 Å². The maximum atomic E-state index is 12.3. The number of nitrogens with zero attached hydrogens (tertiary/aromatic N) is 1. The van der Waals surface area contributed by atoms with Gasteiger partial charge in [-0.3, -0.25) is 4.79 Å². The molecular formula is C23H24N2O. The second-order valence-electron chi connectivity index (χ2n) is 7.49. The third kappa shape index (κ3) is 2.47. The van der Waals surface area contributed by atoms with E-state index in [1.165, 1.54) is 11.3 Å². The minimum Gasteiger partial charge on any atom is -0.344 e. The van der Waals surface area contributed by atoms with Crippen molar-refractivity contribution >= 4 is 17.7 Å².